The van der Waals surface area contributed by atoms with Gasteiger partial charge in [0.1, 0.15) is 5.75 Å². The van der Waals surface area contributed by atoms with Gasteiger partial charge in [-0.25, -0.2) is 0 Å². The number of likely N-dealkylation sites (tertiary alicyclic amines) is 1. The normalized spacial score (nSPS) is 22.2. The molecular weight excluding hydrogens is 453 g/mol. The molecule has 0 aromatic heterocycles. The number of hydrogen-bond acceptors (Lipinski definition) is 5. The molecule has 3 aliphatic heterocycles. The van der Waals surface area contributed by atoms with Gasteiger partial charge >= 0.3 is 6.18 Å². The SMILES string of the molecule is O=C1C[C@@H]2CCN(C(=O)c3ccc4c(c3)OCO4)C[C@@H]2CCOc2ccc(C(F)(F)F)cc2N1. The summed E-state index contributed by atoms with van der Waals surface area (Å²) >= 11 is 0. The molecular formula is C24H23F3N2O5. The Morgan fingerprint density at radius 3 is 2.59 bits per heavy atom. The Morgan fingerprint density at radius 2 is 1.76 bits per heavy atom. The molecule has 7 nitrogen and oxygen atoms in total. The van der Waals surface area contributed by atoms with E-state index in [2.05, 4.69) is 5.32 Å². The van der Waals surface area contributed by atoms with E-state index in [1.807, 2.05) is 0 Å². The Bertz CT molecular complexity index is 1120. The smallest absolute Gasteiger partial charge is 0.416 e. The lowest BCUT2D eigenvalue weighted by Gasteiger charge is -2.39. The molecule has 2 aromatic carbocycles. The number of halogens is 3. The average molecular weight is 476 g/mol. The molecule has 2 atom stereocenters. The van der Waals surface area contributed by atoms with Crippen LogP contribution >= 0.6 is 0 Å². The summed E-state index contributed by atoms with van der Waals surface area (Å²) in [7, 11) is 0. The van der Waals surface area contributed by atoms with Crippen molar-refractivity contribution in [1.29, 1.82) is 0 Å². The minimum Gasteiger partial charge on any atom is -0.491 e. The number of alkyl halides is 3. The number of nitrogens with one attached hydrogen (secondary N) is 1. The second-order valence-electron chi connectivity index (χ2n) is 8.73. The van der Waals surface area contributed by atoms with E-state index >= 15 is 0 Å². The Balaban J connectivity index is 1.30. The average Bonchev–Trinajstić information content (AvgIpc) is 3.27. The summed E-state index contributed by atoms with van der Waals surface area (Å²) in [5.41, 5.74) is -0.319. The lowest BCUT2D eigenvalue weighted by Crippen LogP contribution is -2.45. The maximum Gasteiger partial charge on any atom is 0.416 e. The molecule has 0 saturated carbocycles. The number of anilines is 1. The monoisotopic (exact) mass is 476 g/mol. The van der Waals surface area contributed by atoms with Crippen molar-refractivity contribution < 1.29 is 37.0 Å². The summed E-state index contributed by atoms with van der Waals surface area (Å²) in [5.74, 6) is 0.875. The molecule has 180 valence electrons. The summed E-state index contributed by atoms with van der Waals surface area (Å²) in [6.45, 7) is 1.34. The van der Waals surface area contributed by atoms with Crippen molar-refractivity contribution in [2.24, 2.45) is 11.8 Å². The van der Waals surface area contributed by atoms with Gasteiger partial charge in [0.2, 0.25) is 12.7 Å². The fourth-order valence-electron chi connectivity index (χ4n) is 4.76. The number of piperidine rings is 1. The van der Waals surface area contributed by atoms with Gasteiger partial charge in [-0.2, -0.15) is 13.2 Å². The number of hydrogen-bond donors (Lipinski definition) is 1. The summed E-state index contributed by atoms with van der Waals surface area (Å²) in [4.78, 5) is 27.6. The van der Waals surface area contributed by atoms with Crippen molar-refractivity contribution in [3.05, 3.63) is 47.5 Å². The minimum absolute atomic E-state index is 0.00301. The van der Waals surface area contributed by atoms with Gasteiger partial charge in [0.15, 0.2) is 11.5 Å². The molecule has 2 aromatic rings. The predicted molar refractivity (Wildman–Crippen MR) is 115 cm³/mol. The zero-order chi connectivity index (χ0) is 23.9. The number of amides is 2. The summed E-state index contributed by atoms with van der Waals surface area (Å²) < 4.78 is 55.7. The number of benzene rings is 2. The Labute approximate surface area is 193 Å². The minimum atomic E-state index is -4.52. The van der Waals surface area contributed by atoms with Gasteiger partial charge in [-0.05, 0) is 61.1 Å². The molecule has 0 bridgehead atoms. The fraction of sp³-hybridized carbons (Fsp3) is 0.417. The van der Waals surface area contributed by atoms with Crippen molar-refractivity contribution in [2.75, 3.05) is 31.8 Å². The number of nitrogens with zero attached hydrogens (tertiary/aromatic N) is 1. The lowest BCUT2D eigenvalue weighted by molar-refractivity contribution is -0.137. The van der Waals surface area contributed by atoms with Crippen molar-refractivity contribution in [3.8, 4) is 17.2 Å². The van der Waals surface area contributed by atoms with Crippen LogP contribution in [0.2, 0.25) is 0 Å². The van der Waals surface area contributed by atoms with E-state index in [0.29, 0.717) is 43.0 Å². The highest BCUT2D eigenvalue weighted by atomic mass is 19.4. The van der Waals surface area contributed by atoms with Gasteiger partial charge in [0, 0.05) is 25.1 Å². The molecule has 0 spiro atoms. The Kier molecular flexibility index (Phi) is 5.75. The first-order valence-electron chi connectivity index (χ1n) is 11.1. The summed E-state index contributed by atoms with van der Waals surface area (Å²) in [5, 5.41) is 2.59. The third kappa shape index (κ3) is 4.49. The highest BCUT2D eigenvalue weighted by molar-refractivity contribution is 5.95. The Morgan fingerprint density at radius 1 is 0.971 bits per heavy atom. The first-order valence-corrected chi connectivity index (χ1v) is 11.1. The zero-order valence-corrected chi connectivity index (χ0v) is 18.2. The number of carbonyl (C=O) groups excluding carboxylic acids is 2. The standard InChI is InChI=1S/C24H23F3N2O5/c25-24(26,27)17-2-4-19-18(11-17)28-22(30)10-14-5-7-29(12-16(14)6-8-32-19)23(31)15-1-3-20-21(9-15)34-13-33-20/h1-4,9,11,14,16H,5-8,10,12-13H2,(H,28,30)/t14-,16-/m0/s1. The van der Waals surface area contributed by atoms with Gasteiger partial charge < -0.3 is 24.4 Å². The molecule has 3 aliphatic rings. The molecule has 34 heavy (non-hydrogen) atoms. The van der Waals surface area contributed by atoms with E-state index in [1.54, 1.807) is 23.1 Å². The van der Waals surface area contributed by atoms with Crippen LogP contribution in [0.5, 0.6) is 17.2 Å². The molecule has 0 unspecified atom stereocenters. The molecule has 0 aliphatic carbocycles. The highest BCUT2D eigenvalue weighted by Crippen LogP contribution is 2.38. The largest absolute Gasteiger partial charge is 0.491 e. The molecule has 1 fully saturated rings. The maximum atomic E-state index is 13.1. The maximum absolute atomic E-state index is 13.1. The van der Waals surface area contributed by atoms with Gasteiger partial charge in [-0.15, -0.1) is 0 Å². The van der Waals surface area contributed by atoms with E-state index in [0.717, 1.165) is 12.1 Å². The van der Waals surface area contributed by atoms with Crippen LogP contribution in [0.15, 0.2) is 36.4 Å². The van der Waals surface area contributed by atoms with Gasteiger partial charge in [-0.3, -0.25) is 9.59 Å². The lowest BCUT2D eigenvalue weighted by atomic mass is 9.80. The number of ether oxygens (including phenoxy) is 3. The highest BCUT2D eigenvalue weighted by Gasteiger charge is 2.35. The van der Waals surface area contributed by atoms with Crippen LogP contribution in [0, 0.1) is 11.8 Å². The summed E-state index contributed by atoms with van der Waals surface area (Å²) in [6, 6.07) is 8.16. The fourth-order valence-corrected chi connectivity index (χ4v) is 4.76. The third-order valence-corrected chi connectivity index (χ3v) is 6.57. The first-order chi connectivity index (χ1) is 16.3. The van der Waals surface area contributed by atoms with Gasteiger partial charge in [-0.1, -0.05) is 0 Å². The third-order valence-electron chi connectivity index (χ3n) is 6.57. The van der Waals surface area contributed by atoms with Crippen LogP contribution in [0.3, 0.4) is 0 Å². The molecule has 1 N–H and O–H groups in total. The van der Waals surface area contributed by atoms with Crippen molar-refractivity contribution >= 4 is 17.5 Å². The van der Waals surface area contributed by atoms with Crippen LogP contribution in [0.1, 0.15) is 35.2 Å². The number of rotatable bonds is 1. The predicted octanol–water partition coefficient (Wildman–Crippen LogP) is 4.32. The van der Waals surface area contributed by atoms with Crippen LogP contribution in [-0.2, 0) is 11.0 Å². The molecule has 3 heterocycles. The zero-order valence-electron chi connectivity index (χ0n) is 18.2. The van der Waals surface area contributed by atoms with Crippen molar-refractivity contribution in [2.45, 2.75) is 25.4 Å². The molecule has 5 rings (SSSR count). The topological polar surface area (TPSA) is 77.1 Å². The van der Waals surface area contributed by atoms with E-state index < -0.39 is 11.7 Å². The molecule has 10 heteroatoms. The van der Waals surface area contributed by atoms with Crippen LogP contribution < -0.4 is 19.5 Å². The number of carbonyl (C=O) groups is 2. The van der Waals surface area contributed by atoms with E-state index in [-0.39, 0.29) is 54.9 Å². The molecule has 2 amide bonds. The van der Waals surface area contributed by atoms with Crippen molar-refractivity contribution in [1.82, 2.24) is 4.90 Å². The second kappa shape index (κ2) is 8.73. The second-order valence-corrected chi connectivity index (χ2v) is 8.73. The van der Waals surface area contributed by atoms with Gasteiger partial charge in [0.25, 0.3) is 5.91 Å². The van der Waals surface area contributed by atoms with E-state index in [1.165, 1.54) is 6.07 Å². The molecule has 0 radical (unpaired) electrons. The quantitative estimate of drug-likeness (QED) is 0.663. The van der Waals surface area contributed by atoms with Crippen molar-refractivity contribution in [3.63, 3.8) is 0 Å². The van der Waals surface area contributed by atoms with Crippen LogP contribution in [-0.4, -0.2) is 43.2 Å². The summed E-state index contributed by atoms with van der Waals surface area (Å²) in [6.07, 6.45) is -3.16. The molecule has 1 saturated heterocycles. The van der Waals surface area contributed by atoms with E-state index in [9.17, 15) is 22.8 Å². The van der Waals surface area contributed by atoms with E-state index in [4.69, 9.17) is 14.2 Å². The van der Waals surface area contributed by atoms with Crippen LogP contribution in [0.25, 0.3) is 0 Å². The Hall–Kier alpha value is -3.43. The van der Waals surface area contributed by atoms with Crippen LogP contribution in [0.4, 0.5) is 18.9 Å². The number of fused-ring (bicyclic) bond motifs is 3. The first kappa shape index (κ1) is 22.4. The van der Waals surface area contributed by atoms with Gasteiger partial charge in [0.05, 0.1) is 17.9 Å².